The summed E-state index contributed by atoms with van der Waals surface area (Å²) in [5.74, 6) is 0.000131. The van der Waals surface area contributed by atoms with Crippen molar-refractivity contribution in [3.05, 3.63) is 59.7 Å². The molecule has 4 heteroatoms. The molecule has 0 aromatic heterocycles. The fourth-order valence-electron chi connectivity index (χ4n) is 2.02. The summed E-state index contributed by atoms with van der Waals surface area (Å²) >= 11 is 1.56. The molecule has 0 heterocycles. The maximum absolute atomic E-state index is 12.3. The van der Waals surface area contributed by atoms with Crippen LogP contribution in [0.5, 0.6) is 0 Å². The molecule has 0 radical (unpaired) electrons. The van der Waals surface area contributed by atoms with Gasteiger partial charge in [0.15, 0.2) is 0 Å². The lowest BCUT2D eigenvalue weighted by Crippen LogP contribution is -2.22. The van der Waals surface area contributed by atoms with Gasteiger partial charge in [-0.25, -0.2) is 0 Å². The quantitative estimate of drug-likeness (QED) is 0.809. The number of hydrogen-bond donors (Lipinski definition) is 1. The van der Waals surface area contributed by atoms with E-state index in [1.807, 2.05) is 43.3 Å². The molecule has 1 amide bonds. The number of aryl methyl sites for hydroxylation is 1. The summed E-state index contributed by atoms with van der Waals surface area (Å²) in [6.07, 6.45) is 0. The van der Waals surface area contributed by atoms with Crippen molar-refractivity contribution in [1.82, 2.24) is 0 Å². The van der Waals surface area contributed by atoms with Crippen molar-refractivity contribution >= 4 is 23.4 Å². The summed E-state index contributed by atoms with van der Waals surface area (Å²) < 4.78 is 5.11. The van der Waals surface area contributed by atoms with Crippen molar-refractivity contribution in [3.63, 3.8) is 0 Å². The highest BCUT2D eigenvalue weighted by molar-refractivity contribution is 8.00. The summed E-state index contributed by atoms with van der Waals surface area (Å²) in [6, 6.07) is 15.9. The molecule has 0 aliphatic heterocycles. The molecule has 2 rings (SSSR count). The van der Waals surface area contributed by atoms with E-state index in [1.54, 1.807) is 18.9 Å². The van der Waals surface area contributed by atoms with Gasteiger partial charge in [0.05, 0.1) is 11.9 Å². The number of carbonyl (C=O) groups is 1. The van der Waals surface area contributed by atoms with Crippen molar-refractivity contribution in [3.8, 4) is 0 Å². The van der Waals surface area contributed by atoms with Gasteiger partial charge in [0.25, 0.3) is 0 Å². The zero-order valence-corrected chi connectivity index (χ0v) is 13.9. The minimum Gasteiger partial charge on any atom is -0.380 e. The SMILES string of the molecule is COCc1cccc(NC(=O)[C@H](C)Sc2ccc(C)cc2)c1. The van der Waals surface area contributed by atoms with Crippen molar-refractivity contribution in [2.75, 3.05) is 12.4 Å². The molecule has 0 aliphatic carbocycles. The Kier molecular flexibility index (Phi) is 6.04. The minimum atomic E-state index is -0.159. The zero-order valence-electron chi connectivity index (χ0n) is 13.1. The van der Waals surface area contributed by atoms with E-state index in [0.29, 0.717) is 6.61 Å². The first-order valence-corrected chi connectivity index (χ1v) is 8.08. The van der Waals surface area contributed by atoms with Crippen LogP contribution < -0.4 is 5.32 Å². The van der Waals surface area contributed by atoms with Crippen molar-refractivity contribution < 1.29 is 9.53 Å². The van der Waals surface area contributed by atoms with Gasteiger partial charge in [-0.05, 0) is 43.7 Å². The molecule has 2 aromatic carbocycles. The fourth-order valence-corrected chi connectivity index (χ4v) is 2.89. The molecule has 2 aromatic rings. The first-order chi connectivity index (χ1) is 10.6. The minimum absolute atomic E-state index is 0.000131. The summed E-state index contributed by atoms with van der Waals surface area (Å²) in [5.41, 5.74) is 3.06. The van der Waals surface area contributed by atoms with E-state index in [2.05, 4.69) is 24.4 Å². The van der Waals surface area contributed by atoms with Gasteiger partial charge in [-0.1, -0.05) is 29.8 Å². The second-order valence-corrected chi connectivity index (χ2v) is 6.61. The average Bonchev–Trinajstić information content (AvgIpc) is 2.50. The highest BCUT2D eigenvalue weighted by Gasteiger charge is 2.14. The van der Waals surface area contributed by atoms with Crippen LogP contribution in [0.15, 0.2) is 53.4 Å². The van der Waals surface area contributed by atoms with Gasteiger partial charge in [-0.15, -0.1) is 11.8 Å². The van der Waals surface area contributed by atoms with Crippen molar-refractivity contribution in [2.24, 2.45) is 0 Å². The smallest absolute Gasteiger partial charge is 0.237 e. The normalized spacial score (nSPS) is 12.0. The second-order valence-electron chi connectivity index (χ2n) is 5.20. The number of amides is 1. The van der Waals surface area contributed by atoms with Gasteiger partial charge >= 0.3 is 0 Å². The van der Waals surface area contributed by atoms with E-state index < -0.39 is 0 Å². The molecule has 1 atom stereocenters. The van der Waals surface area contributed by atoms with Crippen LogP contribution in [0.1, 0.15) is 18.1 Å². The third-order valence-electron chi connectivity index (χ3n) is 3.21. The Labute approximate surface area is 136 Å². The van der Waals surface area contributed by atoms with Gasteiger partial charge in [0.1, 0.15) is 0 Å². The van der Waals surface area contributed by atoms with E-state index in [1.165, 1.54) is 5.56 Å². The summed E-state index contributed by atoms with van der Waals surface area (Å²) in [7, 11) is 1.66. The standard InChI is InChI=1S/C18H21NO2S/c1-13-7-9-17(10-8-13)22-14(2)18(20)19-16-6-4-5-15(11-16)12-21-3/h4-11,14H,12H2,1-3H3,(H,19,20)/t14-/m0/s1. The molecule has 116 valence electrons. The molecular formula is C18H21NO2S. The molecule has 22 heavy (non-hydrogen) atoms. The Morgan fingerprint density at radius 1 is 1.23 bits per heavy atom. The van der Waals surface area contributed by atoms with Crippen LogP contribution in [-0.4, -0.2) is 18.3 Å². The monoisotopic (exact) mass is 315 g/mol. The molecule has 0 bridgehead atoms. The molecule has 0 saturated heterocycles. The lowest BCUT2D eigenvalue weighted by molar-refractivity contribution is -0.115. The van der Waals surface area contributed by atoms with E-state index in [9.17, 15) is 4.79 Å². The molecule has 0 fully saturated rings. The van der Waals surface area contributed by atoms with Gasteiger partial charge in [-0.3, -0.25) is 4.79 Å². The number of anilines is 1. The number of ether oxygens (including phenoxy) is 1. The maximum atomic E-state index is 12.3. The number of nitrogens with one attached hydrogen (secondary N) is 1. The van der Waals surface area contributed by atoms with Crippen LogP contribution in [0.25, 0.3) is 0 Å². The van der Waals surface area contributed by atoms with Crippen LogP contribution in [0.4, 0.5) is 5.69 Å². The van der Waals surface area contributed by atoms with E-state index in [0.717, 1.165) is 16.1 Å². The van der Waals surface area contributed by atoms with Gasteiger partial charge < -0.3 is 10.1 Å². The molecule has 0 saturated carbocycles. The fraction of sp³-hybridized carbons (Fsp3) is 0.278. The maximum Gasteiger partial charge on any atom is 0.237 e. The lowest BCUT2D eigenvalue weighted by Gasteiger charge is -2.13. The molecular weight excluding hydrogens is 294 g/mol. The number of rotatable bonds is 6. The largest absolute Gasteiger partial charge is 0.380 e. The first-order valence-electron chi connectivity index (χ1n) is 7.20. The topological polar surface area (TPSA) is 38.3 Å². The lowest BCUT2D eigenvalue weighted by atomic mass is 10.2. The highest BCUT2D eigenvalue weighted by atomic mass is 32.2. The van der Waals surface area contributed by atoms with Crippen LogP contribution in [-0.2, 0) is 16.1 Å². The summed E-state index contributed by atoms with van der Waals surface area (Å²) in [6.45, 7) is 4.51. The first kappa shape index (κ1) is 16.6. The summed E-state index contributed by atoms with van der Waals surface area (Å²) in [5, 5.41) is 2.80. The Balaban J connectivity index is 1.96. The predicted octanol–water partition coefficient (Wildman–Crippen LogP) is 4.26. The van der Waals surface area contributed by atoms with Crippen LogP contribution in [0, 0.1) is 6.92 Å². The van der Waals surface area contributed by atoms with Gasteiger partial charge in [0.2, 0.25) is 5.91 Å². The third-order valence-corrected chi connectivity index (χ3v) is 4.32. The van der Waals surface area contributed by atoms with Crippen molar-refractivity contribution in [2.45, 2.75) is 30.6 Å². The molecule has 3 nitrogen and oxygen atoms in total. The van der Waals surface area contributed by atoms with Crippen molar-refractivity contribution in [1.29, 1.82) is 0 Å². The number of thioether (sulfide) groups is 1. The number of hydrogen-bond acceptors (Lipinski definition) is 3. The van der Waals surface area contributed by atoms with Crippen LogP contribution in [0.2, 0.25) is 0 Å². The molecule has 0 unspecified atom stereocenters. The summed E-state index contributed by atoms with van der Waals surface area (Å²) in [4.78, 5) is 13.4. The van der Waals surface area contributed by atoms with E-state index in [4.69, 9.17) is 4.74 Å². The Morgan fingerprint density at radius 3 is 2.64 bits per heavy atom. The zero-order chi connectivity index (χ0) is 15.9. The van der Waals surface area contributed by atoms with E-state index >= 15 is 0 Å². The van der Waals surface area contributed by atoms with Gasteiger partial charge in [-0.2, -0.15) is 0 Å². The Morgan fingerprint density at radius 2 is 1.95 bits per heavy atom. The van der Waals surface area contributed by atoms with Gasteiger partial charge in [0, 0.05) is 17.7 Å². The number of benzene rings is 2. The highest BCUT2D eigenvalue weighted by Crippen LogP contribution is 2.24. The number of carbonyl (C=O) groups excluding carboxylic acids is 1. The average molecular weight is 315 g/mol. The molecule has 0 aliphatic rings. The second kappa shape index (κ2) is 8.01. The van der Waals surface area contributed by atoms with E-state index in [-0.39, 0.29) is 11.2 Å². The Bertz CT molecular complexity index is 625. The van der Waals surface area contributed by atoms with Crippen LogP contribution in [0.3, 0.4) is 0 Å². The third kappa shape index (κ3) is 4.90. The van der Waals surface area contributed by atoms with Crippen LogP contribution >= 0.6 is 11.8 Å². The number of methoxy groups -OCH3 is 1. The molecule has 0 spiro atoms. The predicted molar refractivity (Wildman–Crippen MR) is 92.3 cm³/mol. The molecule has 1 N–H and O–H groups in total. The Hall–Kier alpha value is -1.78.